The zero-order valence-electron chi connectivity index (χ0n) is 15.6. The Kier molecular flexibility index (Phi) is 15.1. The van der Waals surface area contributed by atoms with Crippen LogP contribution in [-0.4, -0.2) is 76.5 Å². The lowest BCUT2D eigenvalue weighted by Gasteiger charge is -2.17. The van der Waals surface area contributed by atoms with Gasteiger partial charge in [-0.2, -0.15) is 0 Å². The van der Waals surface area contributed by atoms with Gasteiger partial charge >= 0.3 is 0 Å². The Bertz CT molecular complexity index is 225. The molecule has 0 aliphatic heterocycles. The summed E-state index contributed by atoms with van der Waals surface area (Å²) in [5.41, 5.74) is 11.4. The lowest BCUT2D eigenvalue weighted by atomic mass is 10.3. The second-order valence-corrected chi connectivity index (χ2v) is 6.73. The van der Waals surface area contributed by atoms with Crippen molar-refractivity contribution in [3.63, 3.8) is 0 Å². The molecule has 0 fully saturated rings. The van der Waals surface area contributed by atoms with E-state index in [1.807, 2.05) is 13.8 Å². The molecule has 0 aromatic carbocycles. The highest BCUT2D eigenvalue weighted by Crippen LogP contribution is 1.81. The molecule has 7 heteroatoms. The largest absolute Gasteiger partial charge is 0.327 e. The van der Waals surface area contributed by atoms with Crippen molar-refractivity contribution >= 4 is 0 Å². The molecule has 0 saturated heterocycles. The Balaban J connectivity index is 3.24. The molecule has 0 aromatic heterocycles. The molecule has 0 radical (unpaired) electrons. The van der Waals surface area contributed by atoms with E-state index in [2.05, 4.69) is 40.4 Å². The summed E-state index contributed by atoms with van der Waals surface area (Å²) in [7, 11) is 0. The first kappa shape index (κ1) is 22.7. The van der Waals surface area contributed by atoms with Gasteiger partial charge in [-0.1, -0.05) is 0 Å². The Morgan fingerprint density at radius 2 is 0.913 bits per heavy atom. The van der Waals surface area contributed by atoms with Crippen molar-refractivity contribution in [2.75, 3.05) is 52.4 Å². The zero-order chi connectivity index (χ0) is 17.5. The van der Waals surface area contributed by atoms with Crippen LogP contribution in [-0.2, 0) is 0 Å². The van der Waals surface area contributed by atoms with E-state index in [4.69, 9.17) is 11.5 Å². The van der Waals surface area contributed by atoms with Gasteiger partial charge in [-0.05, 0) is 27.7 Å². The molecule has 0 saturated carbocycles. The molecule has 9 N–H and O–H groups in total. The van der Waals surface area contributed by atoms with Gasteiger partial charge in [0.25, 0.3) is 0 Å². The van der Waals surface area contributed by atoms with Crippen molar-refractivity contribution in [2.45, 2.75) is 51.9 Å². The third-order valence-electron chi connectivity index (χ3n) is 3.43. The monoisotopic (exact) mass is 331 g/mol. The Morgan fingerprint density at radius 1 is 0.565 bits per heavy atom. The lowest BCUT2D eigenvalue weighted by molar-refractivity contribution is 0.470. The number of nitrogens with two attached hydrogens (primary N) is 2. The van der Waals surface area contributed by atoms with Gasteiger partial charge in [-0.3, -0.25) is 0 Å². The summed E-state index contributed by atoms with van der Waals surface area (Å²) < 4.78 is 0. The quantitative estimate of drug-likeness (QED) is 0.171. The standard InChI is InChI=1S/C16H41N7/c1-13(17)9-22-15(3)11-20-7-5-19-6-8-21-12-16(4)23-10-14(2)18/h13-16,19-23H,5-12,17-18H2,1-4H3. The van der Waals surface area contributed by atoms with Crippen molar-refractivity contribution < 1.29 is 0 Å². The van der Waals surface area contributed by atoms with E-state index >= 15 is 0 Å². The smallest absolute Gasteiger partial charge is 0.0164 e. The summed E-state index contributed by atoms with van der Waals surface area (Å²) >= 11 is 0. The maximum absolute atomic E-state index is 5.72. The van der Waals surface area contributed by atoms with Gasteiger partial charge in [-0.25, -0.2) is 0 Å². The first-order valence-electron chi connectivity index (χ1n) is 9.01. The zero-order valence-corrected chi connectivity index (χ0v) is 15.6. The molecule has 0 aliphatic rings. The van der Waals surface area contributed by atoms with Crippen LogP contribution in [0.1, 0.15) is 27.7 Å². The minimum Gasteiger partial charge on any atom is -0.327 e. The molecule has 0 heterocycles. The second-order valence-electron chi connectivity index (χ2n) is 6.73. The predicted octanol–water partition coefficient (Wildman–Crippen LogP) is -1.59. The normalized spacial score (nSPS) is 17.0. The molecule has 140 valence electrons. The maximum Gasteiger partial charge on any atom is 0.0164 e. The molecule has 0 spiro atoms. The number of hydrogen-bond acceptors (Lipinski definition) is 7. The summed E-state index contributed by atoms with van der Waals surface area (Å²) in [4.78, 5) is 0. The van der Waals surface area contributed by atoms with Gasteiger partial charge in [0.2, 0.25) is 0 Å². The van der Waals surface area contributed by atoms with Crippen molar-refractivity contribution in [1.29, 1.82) is 0 Å². The van der Waals surface area contributed by atoms with Crippen LogP contribution in [0.5, 0.6) is 0 Å². The van der Waals surface area contributed by atoms with Crippen LogP contribution < -0.4 is 38.1 Å². The van der Waals surface area contributed by atoms with Gasteiger partial charge in [0.1, 0.15) is 0 Å². The highest BCUT2D eigenvalue weighted by molar-refractivity contribution is 4.69. The fourth-order valence-electron chi connectivity index (χ4n) is 2.03. The average molecular weight is 332 g/mol. The SMILES string of the molecule is CC(N)CNC(C)CNCCNCCNCC(C)NCC(C)N. The molecule has 0 bridgehead atoms. The molecule has 0 amide bonds. The summed E-state index contributed by atoms with van der Waals surface area (Å²) in [5, 5.41) is 17.1. The highest BCUT2D eigenvalue weighted by atomic mass is 15.0. The first-order chi connectivity index (χ1) is 10.9. The summed E-state index contributed by atoms with van der Waals surface area (Å²) in [6.45, 7) is 16.0. The van der Waals surface area contributed by atoms with E-state index < -0.39 is 0 Å². The molecule has 23 heavy (non-hydrogen) atoms. The molecule has 0 aliphatic carbocycles. The van der Waals surface area contributed by atoms with Crippen LogP contribution >= 0.6 is 0 Å². The van der Waals surface area contributed by atoms with Crippen LogP contribution in [0, 0.1) is 0 Å². The number of hydrogen-bond donors (Lipinski definition) is 7. The van der Waals surface area contributed by atoms with E-state index in [1.54, 1.807) is 0 Å². The van der Waals surface area contributed by atoms with Crippen molar-refractivity contribution in [3.05, 3.63) is 0 Å². The average Bonchev–Trinajstić information content (AvgIpc) is 2.49. The summed E-state index contributed by atoms with van der Waals surface area (Å²) in [6.07, 6.45) is 0. The second kappa shape index (κ2) is 15.3. The molecular formula is C16H41N7. The van der Waals surface area contributed by atoms with Crippen molar-refractivity contribution in [2.24, 2.45) is 11.5 Å². The van der Waals surface area contributed by atoms with E-state index in [1.165, 1.54) is 0 Å². The molecular weight excluding hydrogens is 290 g/mol. The Labute approximate surface area is 143 Å². The van der Waals surface area contributed by atoms with Crippen LogP contribution in [0.25, 0.3) is 0 Å². The van der Waals surface area contributed by atoms with Gasteiger partial charge < -0.3 is 38.1 Å². The lowest BCUT2D eigenvalue weighted by Crippen LogP contribution is -2.44. The van der Waals surface area contributed by atoms with E-state index in [0.717, 1.165) is 52.4 Å². The molecule has 4 unspecified atom stereocenters. The van der Waals surface area contributed by atoms with Crippen LogP contribution in [0.3, 0.4) is 0 Å². The van der Waals surface area contributed by atoms with Crippen molar-refractivity contribution in [3.8, 4) is 0 Å². The third-order valence-corrected chi connectivity index (χ3v) is 3.43. The van der Waals surface area contributed by atoms with Crippen LogP contribution in [0.15, 0.2) is 0 Å². The number of nitrogens with one attached hydrogen (secondary N) is 5. The minimum absolute atomic E-state index is 0.211. The molecule has 0 aromatic rings. The fourth-order valence-corrected chi connectivity index (χ4v) is 2.03. The topological polar surface area (TPSA) is 112 Å². The van der Waals surface area contributed by atoms with Crippen LogP contribution in [0.4, 0.5) is 0 Å². The van der Waals surface area contributed by atoms with E-state index in [9.17, 15) is 0 Å². The predicted molar refractivity (Wildman–Crippen MR) is 101 cm³/mol. The van der Waals surface area contributed by atoms with Gasteiger partial charge in [-0.15, -0.1) is 0 Å². The van der Waals surface area contributed by atoms with E-state index in [-0.39, 0.29) is 12.1 Å². The number of rotatable bonds is 16. The third kappa shape index (κ3) is 17.9. The molecule has 0 rings (SSSR count). The van der Waals surface area contributed by atoms with E-state index in [0.29, 0.717) is 12.1 Å². The summed E-state index contributed by atoms with van der Waals surface area (Å²) in [6, 6.07) is 1.33. The van der Waals surface area contributed by atoms with Gasteiger partial charge in [0.15, 0.2) is 0 Å². The first-order valence-corrected chi connectivity index (χ1v) is 9.01. The minimum atomic E-state index is 0.211. The highest BCUT2D eigenvalue weighted by Gasteiger charge is 2.02. The van der Waals surface area contributed by atoms with Gasteiger partial charge in [0, 0.05) is 76.5 Å². The molecule has 7 nitrogen and oxygen atoms in total. The van der Waals surface area contributed by atoms with Crippen molar-refractivity contribution in [1.82, 2.24) is 26.6 Å². The summed E-state index contributed by atoms with van der Waals surface area (Å²) in [5.74, 6) is 0. The fraction of sp³-hybridized carbons (Fsp3) is 1.00. The maximum atomic E-state index is 5.72. The Morgan fingerprint density at radius 3 is 1.26 bits per heavy atom. The van der Waals surface area contributed by atoms with Crippen LogP contribution in [0.2, 0.25) is 0 Å². The Hall–Kier alpha value is -0.280. The molecule has 4 atom stereocenters. The van der Waals surface area contributed by atoms with Gasteiger partial charge in [0.05, 0.1) is 0 Å².